The predicted octanol–water partition coefficient (Wildman–Crippen LogP) is -0.896. The summed E-state index contributed by atoms with van der Waals surface area (Å²) in [6.45, 7) is -0.315. The fourth-order valence-corrected chi connectivity index (χ4v) is 3.80. The minimum atomic E-state index is -1.26. The number of H-pyrrole nitrogens is 2. The van der Waals surface area contributed by atoms with Crippen LogP contribution >= 0.6 is 12.6 Å². The third kappa shape index (κ3) is 6.83. The van der Waals surface area contributed by atoms with Crippen LogP contribution in [0.4, 0.5) is 0 Å². The highest BCUT2D eigenvalue weighted by molar-refractivity contribution is 7.80. The number of carboxylic acid groups (broad SMARTS) is 1. The Hall–Kier alpha value is -3.84. The number of nitrogens with zero attached hydrogens (tertiary/aromatic N) is 1. The van der Waals surface area contributed by atoms with Gasteiger partial charge in [0.25, 0.3) is 0 Å². The van der Waals surface area contributed by atoms with Gasteiger partial charge >= 0.3 is 5.97 Å². The van der Waals surface area contributed by atoms with Gasteiger partial charge in [-0.2, -0.15) is 12.6 Å². The molecule has 0 fully saturated rings. The summed E-state index contributed by atoms with van der Waals surface area (Å²) in [5.41, 5.74) is 7.42. The van der Waals surface area contributed by atoms with Crippen molar-refractivity contribution < 1.29 is 24.3 Å². The number of benzene rings is 1. The topological polar surface area (TPSA) is 195 Å². The zero-order valence-corrected chi connectivity index (χ0v) is 19.5. The first kappa shape index (κ1) is 25.8. The van der Waals surface area contributed by atoms with E-state index in [0.717, 1.165) is 16.5 Å². The van der Waals surface area contributed by atoms with Crippen LogP contribution in [0.3, 0.4) is 0 Å². The highest BCUT2D eigenvalue weighted by Crippen LogP contribution is 2.19. The number of hydrogen-bond donors (Lipinski definition) is 8. The molecule has 186 valence electrons. The van der Waals surface area contributed by atoms with Crippen molar-refractivity contribution in [3.63, 3.8) is 0 Å². The van der Waals surface area contributed by atoms with Gasteiger partial charge in [-0.1, -0.05) is 18.2 Å². The predicted molar refractivity (Wildman–Crippen MR) is 131 cm³/mol. The lowest BCUT2D eigenvalue weighted by Gasteiger charge is -2.24. The maximum absolute atomic E-state index is 13.2. The van der Waals surface area contributed by atoms with Gasteiger partial charge in [-0.3, -0.25) is 14.4 Å². The second kappa shape index (κ2) is 12.0. The average molecular weight is 502 g/mol. The zero-order valence-electron chi connectivity index (χ0n) is 18.7. The Kier molecular flexibility index (Phi) is 8.86. The highest BCUT2D eigenvalue weighted by Gasteiger charge is 2.30. The lowest BCUT2D eigenvalue weighted by atomic mass is 10.0. The number of nitrogens with one attached hydrogen (secondary N) is 5. The smallest absolute Gasteiger partial charge is 0.326 e. The van der Waals surface area contributed by atoms with Gasteiger partial charge in [0.1, 0.15) is 18.1 Å². The van der Waals surface area contributed by atoms with Crippen molar-refractivity contribution in [2.24, 2.45) is 5.73 Å². The van der Waals surface area contributed by atoms with Crippen LogP contribution < -0.4 is 21.7 Å². The lowest BCUT2D eigenvalue weighted by Crippen LogP contribution is -2.57. The highest BCUT2D eigenvalue weighted by atomic mass is 32.1. The molecule has 0 aliphatic rings. The van der Waals surface area contributed by atoms with Gasteiger partial charge < -0.3 is 36.8 Å². The molecule has 2 aromatic heterocycles. The summed E-state index contributed by atoms with van der Waals surface area (Å²) in [7, 11) is 0. The molecule has 0 saturated heterocycles. The Bertz CT molecular complexity index is 1180. The standard InChI is InChI=1S/C22H27N7O5S/c23-7-19(30)27-18(10-35)21(32)28-16(5-12-8-25-15-4-2-1-3-14(12)15)20(31)29-17(22(33)34)6-13-9-24-11-26-13/h1-4,8-9,11,16-18,25,35H,5-7,10,23H2,(H,24,26)(H,27,30)(H,28,32)(H,29,31)(H,33,34). The third-order valence-corrected chi connectivity index (χ3v) is 5.71. The number of hydrogen-bond acceptors (Lipinski definition) is 7. The van der Waals surface area contributed by atoms with E-state index in [4.69, 9.17) is 5.73 Å². The molecule has 3 rings (SSSR count). The number of aromatic nitrogens is 3. The van der Waals surface area contributed by atoms with Gasteiger partial charge in [-0.05, 0) is 11.6 Å². The third-order valence-electron chi connectivity index (χ3n) is 5.35. The lowest BCUT2D eigenvalue weighted by molar-refractivity contribution is -0.142. The van der Waals surface area contributed by atoms with Gasteiger partial charge in [0.2, 0.25) is 17.7 Å². The van der Waals surface area contributed by atoms with E-state index in [1.54, 1.807) is 6.20 Å². The van der Waals surface area contributed by atoms with E-state index in [2.05, 4.69) is 43.5 Å². The molecule has 12 nitrogen and oxygen atoms in total. The number of thiol groups is 1. The van der Waals surface area contributed by atoms with Gasteiger partial charge in [0.05, 0.1) is 12.9 Å². The molecule has 2 heterocycles. The van der Waals surface area contributed by atoms with E-state index in [9.17, 15) is 24.3 Å². The minimum Gasteiger partial charge on any atom is -0.480 e. The summed E-state index contributed by atoms with van der Waals surface area (Å²) in [6.07, 6.45) is 4.64. The van der Waals surface area contributed by atoms with E-state index in [1.807, 2.05) is 24.3 Å². The maximum atomic E-state index is 13.2. The maximum Gasteiger partial charge on any atom is 0.326 e. The normalized spacial score (nSPS) is 13.5. The Morgan fingerprint density at radius 2 is 1.71 bits per heavy atom. The molecular formula is C22H27N7O5S. The second-order valence-corrected chi connectivity index (χ2v) is 8.18. The molecule has 3 aromatic rings. The summed E-state index contributed by atoms with van der Waals surface area (Å²) in [5, 5.41) is 18.0. The molecule has 0 bridgehead atoms. The van der Waals surface area contributed by atoms with E-state index in [0.29, 0.717) is 5.69 Å². The Morgan fingerprint density at radius 3 is 2.37 bits per heavy atom. The minimum absolute atomic E-state index is 0.0271. The molecule has 3 atom stereocenters. The van der Waals surface area contributed by atoms with Crippen LogP contribution in [0, 0.1) is 0 Å². The first-order valence-electron chi connectivity index (χ1n) is 10.8. The number of aliphatic carboxylic acids is 1. The number of carbonyl (C=O) groups is 4. The zero-order chi connectivity index (χ0) is 25.4. The Balaban J connectivity index is 1.82. The molecule has 8 N–H and O–H groups in total. The molecule has 0 spiro atoms. The van der Waals surface area contributed by atoms with E-state index >= 15 is 0 Å². The molecule has 1 aromatic carbocycles. The van der Waals surface area contributed by atoms with Crippen molar-refractivity contribution in [3.05, 3.63) is 54.2 Å². The molecule has 3 unspecified atom stereocenters. The van der Waals surface area contributed by atoms with E-state index in [1.165, 1.54) is 12.5 Å². The number of para-hydroxylation sites is 1. The molecule has 35 heavy (non-hydrogen) atoms. The summed E-state index contributed by atoms with van der Waals surface area (Å²) in [6, 6.07) is 4.01. The number of amides is 3. The fraction of sp³-hybridized carbons (Fsp3) is 0.318. The fourth-order valence-electron chi connectivity index (χ4n) is 3.54. The van der Waals surface area contributed by atoms with Crippen LogP contribution in [0.25, 0.3) is 10.9 Å². The molecule has 0 radical (unpaired) electrons. The number of nitrogens with two attached hydrogens (primary N) is 1. The number of carboxylic acids is 1. The monoisotopic (exact) mass is 501 g/mol. The van der Waals surface area contributed by atoms with Crippen LogP contribution in [-0.4, -0.2) is 74.2 Å². The van der Waals surface area contributed by atoms with Crippen molar-refractivity contribution in [1.82, 2.24) is 30.9 Å². The average Bonchev–Trinajstić information content (AvgIpc) is 3.51. The first-order chi connectivity index (χ1) is 16.8. The van der Waals surface area contributed by atoms with E-state index in [-0.39, 0.29) is 25.1 Å². The number of carbonyl (C=O) groups excluding carboxylic acids is 3. The SMILES string of the molecule is NCC(=O)NC(CS)C(=O)NC(Cc1c[nH]c2ccccc12)C(=O)NC(Cc1cnc[nH]1)C(=O)O. The summed E-state index contributed by atoms with van der Waals surface area (Å²) >= 11 is 4.10. The molecule has 0 saturated carbocycles. The van der Waals surface area contributed by atoms with Crippen molar-refractivity contribution in [3.8, 4) is 0 Å². The largest absolute Gasteiger partial charge is 0.480 e. The van der Waals surface area contributed by atoms with Crippen LogP contribution in [0.5, 0.6) is 0 Å². The quantitative estimate of drug-likeness (QED) is 0.147. The van der Waals surface area contributed by atoms with Gasteiger partial charge in [-0.25, -0.2) is 9.78 Å². The van der Waals surface area contributed by atoms with Crippen LogP contribution in [0.1, 0.15) is 11.3 Å². The number of imidazole rings is 1. The molecule has 0 aliphatic heterocycles. The van der Waals surface area contributed by atoms with Gasteiger partial charge in [0, 0.05) is 47.6 Å². The van der Waals surface area contributed by atoms with Crippen LogP contribution in [-0.2, 0) is 32.0 Å². The second-order valence-electron chi connectivity index (χ2n) is 7.81. The van der Waals surface area contributed by atoms with E-state index < -0.39 is 41.8 Å². The summed E-state index contributed by atoms with van der Waals surface area (Å²) < 4.78 is 0. The number of rotatable bonds is 12. The molecule has 13 heteroatoms. The molecule has 0 aliphatic carbocycles. The van der Waals surface area contributed by atoms with Crippen molar-refractivity contribution in [2.75, 3.05) is 12.3 Å². The summed E-state index contributed by atoms with van der Waals surface area (Å²) in [5.74, 6) is -3.17. The summed E-state index contributed by atoms with van der Waals surface area (Å²) in [4.78, 5) is 59.3. The van der Waals surface area contributed by atoms with Crippen molar-refractivity contribution in [1.29, 1.82) is 0 Å². The van der Waals surface area contributed by atoms with Crippen LogP contribution in [0.2, 0.25) is 0 Å². The number of fused-ring (bicyclic) bond motifs is 1. The van der Waals surface area contributed by atoms with Crippen molar-refractivity contribution >= 4 is 47.2 Å². The number of aromatic amines is 2. The molecule has 3 amide bonds. The van der Waals surface area contributed by atoms with Crippen molar-refractivity contribution in [2.45, 2.75) is 31.0 Å². The van der Waals surface area contributed by atoms with Crippen LogP contribution in [0.15, 0.2) is 43.0 Å². The Labute approximate surface area is 205 Å². The van der Waals surface area contributed by atoms with Gasteiger partial charge in [0.15, 0.2) is 0 Å². The van der Waals surface area contributed by atoms with Gasteiger partial charge in [-0.15, -0.1) is 0 Å². The molecular weight excluding hydrogens is 474 g/mol. The first-order valence-corrected chi connectivity index (χ1v) is 11.4. The Morgan fingerprint density at radius 1 is 1.00 bits per heavy atom.